The van der Waals surface area contributed by atoms with Gasteiger partial charge in [0.25, 0.3) is 0 Å². The number of epoxide rings is 1. The van der Waals surface area contributed by atoms with Gasteiger partial charge < -0.3 is 4.74 Å². The van der Waals surface area contributed by atoms with Crippen LogP contribution in [0.1, 0.15) is 0 Å². The maximum absolute atomic E-state index is 5.10. The second-order valence-electron chi connectivity index (χ2n) is 1.84. The van der Waals surface area contributed by atoms with Crippen molar-refractivity contribution in [2.24, 2.45) is 0 Å². The Morgan fingerprint density at radius 3 is 1.78 bits per heavy atom. The second kappa shape index (κ2) is 2.65. The van der Waals surface area contributed by atoms with Gasteiger partial charge in [0.2, 0.25) is 0 Å². The monoisotopic (exact) mass is 122 g/mol. The third-order valence-electron chi connectivity index (χ3n) is 1.27. The van der Waals surface area contributed by atoms with Crippen molar-refractivity contribution in [2.45, 2.75) is 12.2 Å². The first-order valence-electron chi connectivity index (χ1n) is 2.97. The van der Waals surface area contributed by atoms with Crippen LogP contribution in [-0.4, -0.2) is 12.2 Å². The van der Waals surface area contributed by atoms with Gasteiger partial charge in [0.05, 0.1) is 0 Å². The average Bonchev–Trinajstić information content (AvgIpc) is 2.69. The number of hydrogen-bond acceptors (Lipinski definition) is 1. The first-order chi connectivity index (χ1) is 4.47. The summed E-state index contributed by atoms with van der Waals surface area (Å²) in [6.45, 7) is 6.00. The molecule has 2 aliphatic rings. The number of allylic oxidation sites excluding steroid dienone is 2. The lowest BCUT2D eigenvalue weighted by Crippen LogP contribution is -1.86. The molecule has 0 aromatic rings. The summed E-state index contributed by atoms with van der Waals surface area (Å²) in [6, 6.07) is 0. The highest BCUT2D eigenvalue weighted by molar-refractivity contribution is 5.22. The van der Waals surface area contributed by atoms with E-state index in [0.717, 1.165) is 0 Å². The van der Waals surface area contributed by atoms with Crippen molar-refractivity contribution < 1.29 is 4.74 Å². The van der Waals surface area contributed by atoms with E-state index >= 15 is 0 Å². The van der Waals surface area contributed by atoms with Crippen LogP contribution in [0.5, 0.6) is 0 Å². The summed E-state index contributed by atoms with van der Waals surface area (Å²) in [6.07, 6.45) is 9.06. The van der Waals surface area contributed by atoms with Crippen LogP contribution in [0.3, 0.4) is 0 Å². The molecule has 2 atom stereocenters. The molecule has 9 heavy (non-hydrogen) atoms. The SMILES string of the molecule is C1=CC2OC2C=C1.C=C. The highest BCUT2D eigenvalue weighted by Crippen LogP contribution is 2.26. The van der Waals surface area contributed by atoms with E-state index < -0.39 is 0 Å². The topological polar surface area (TPSA) is 12.5 Å². The van der Waals surface area contributed by atoms with Crippen molar-refractivity contribution in [3.05, 3.63) is 37.5 Å². The number of ether oxygens (including phenoxy) is 1. The second-order valence-corrected chi connectivity index (χ2v) is 1.84. The Kier molecular flexibility index (Phi) is 1.85. The molecule has 0 radical (unpaired) electrons. The molecule has 1 aliphatic heterocycles. The largest absolute Gasteiger partial charge is 0.361 e. The van der Waals surface area contributed by atoms with Crippen LogP contribution in [0.25, 0.3) is 0 Å². The Bertz CT molecular complexity index is 131. The van der Waals surface area contributed by atoms with E-state index in [0.29, 0.717) is 12.2 Å². The summed E-state index contributed by atoms with van der Waals surface area (Å²) in [4.78, 5) is 0. The molecule has 1 aliphatic carbocycles. The predicted octanol–water partition coefficient (Wildman–Crippen LogP) is 1.68. The van der Waals surface area contributed by atoms with E-state index in [4.69, 9.17) is 4.74 Å². The number of rotatable bonds is 0. The minimum atomic E-state index is 0.435. The summed E-state index contributed by atoms with van der Waals surface area (Å²) in [7, 11) is 0. The van der Waals surface area contributed by atoms with Crippen LogP contribution in [0.2, 0.25) is 0 Å². The lowest BCUT2D eigenvalue weighted by molar-refractivity contribution is 0.414. The van der Waals surface area contributed by atoms with Gasteiger partial charge in [-0.2, -0.15) is 0 Å². The highest BCUT2D eigenvalue weighted by atomic mass is 16.6. The van der Waals surface area contributed by atoms with Gasteiger partial charge in [-0.3, -0.25) is 0 Å². The Hall–Kier alpha value is -0.820. The molecule has 1 heterocycles. The minimum absolute atomic E-state index is 0.435. The molecule has 2 rings (SSSR count). The predicted molar refractivity (Wildman–Crippen MR) is 38.2 cm³/mol. The molecule has 0 bridgehead atoms. The summed E-state index contributed by atoms with van der Waals surface area (Å²) in [5, 5.41) is 0. The van der Waals surface area contributed by atoms with E-state index in [1.54, 1.807) is 0 Å². The minimum Gasteiger partial charge on any atom is -0.361 e. The molecule has 48 valence electrons. The number of fused-ring (bicyclic) bond motifs is 1. The van der Waals surface area contributed by atoms with E-state index in [9.17, 15) is 0 Å². The maximum Gasteiger partial charge on any atom is 0.107 e. The Morgan fingerprint density at radius 1 is 1.00 bits per heavy atom. The van der Waals surface area contributed by atoms with Gasteiger partial charge in [-0.05, 0) is 0 Å². The van der Waals surface area contributed by atoms with Crippen LogP contribution >= 0.6 is 0 Å². The molecule has 0 aromatic carbocycles. The Labute approximate surface area is 55.3 Å². The molecule has 0 amide bonds. The molecular formula is C8H10O. The lowest BCUT2D eigenvalue weighted by atomic mass is 10.2. The summed E-state index contributed by atoms with van der Waals surface area (Å²) < 4.78 is 5.10. The molecule has 1 nitrogen and oxygen atoms in total. The first kappa shape index (κ1) is 6.30. The molecule has 2 unspecified atom stereocenters. The van der Waals surface area contributed by atoms with Crippen molar-refractivity contribution in [3.63, 3.8) is 0 Å². The van der Waals surface area contributed by atoms with Crippen LogP contribution in [0.15, 0.2) is 37.5 Å². The molecule has 0 spiro atoms. The molecule has 0 aromatic heterocycles. The van der Waals surface area contributed by atoms with Crippen molar-refractivity contribution >= 4 is 0 Å². The van der Waals surface area contributed by atoms with Gasteiger partial charge in [0.1, 0.15) is 12.2 Å². The average molecular weight is 122 g/mol. The summed E-state index contributed by atoms with van der Waals surface area (Å²) in [5.74, 6) is 0. The quantitative estimate of drug-likeness (QED) is 0.352. The summed E-state index contributed by atoms with van der Waals surface area (Å²) in [5.41, 5.74) is 0. The van der Waals surface area contributed by atoms with Crippen molar-refractivity contribution in [3.8, 4) is 0 Å². The molecular weight excluding hydrogens is 112 g/mol. The summed E-state index contributed by atoms with van der Waals surface area (Å²) >= 11 is 0. The van der Waals surface area contributed by atoms with Gasteiger partial charge in [-0.15, -0.1) is 13.2 Å². The number of hydrogen-bond donors (Lipinski definition) is 0. The van der Waals surface area contributed by atoms with E-state index in [2.05, 4.69) is 25.3 Å². The van der Waals surface area contributed by atoms with Crippen molar-refractivity contribution in [1.29, 1.82) is 0 Å². The van der Waals surface area contributed by atoms with Gasteiger partial charge in [-0.1, -0.05) is 24.3 Å². The normalized spacial score (nSPS) is 34.2. The first-order valence-corrected chi connectivity index (χ1v) is 2.97. The molecule has 0 saturated carbocycles. The maximum atomic E-state index is 5.10. The van der Waals surface area contributed by atoms with Crippen LogP contribution < -0.4 is 0 Å². The van der Waals surface area contributed by atoms with Gasteiger partial charge in [0, 0.05) is 0 Å². The van der Waals surface area contributed by atoms with Crippen molar-refractivity contribution in [1.82, 2.24) is 0 Å². The van der Waals surface area contributed by atoms with Gasteiger partial charge in [-0.25, -0.2) is 0 Å². The third-order valence-corrected chi connectivity index (χ3v) is 1.27. The Morgan fingerprint density at radius 2 is 1.44 bits per heavy atom. The van der Waals surface area contributed by atoms with E-state index in [-0.39, 0.29) is 0 Å². The van der Waals surface area contributed by atoms with Crippen LogP contribution in [-0.2, 0) is 4.74 Å². The van der Waals surface area contributed by atoms with Crippen LogP contribution in [0, 0.1) is 0 Å². The highest BCUT2D eigenvalue weighted by Gasteiger charge is 2.34. The van der Waals surface area contributed by atoms with Crippen molar-refractivity contribution in [2.75, 3.05) is 0 Å². The standard InChI is InChI=1S/C6H6O.C2H4/c1-2-4-6-5(3-1)7-6;1-2/h1-6H;1-2H2. The zero-order chi connectivity index (χ0) is 6.69. The van der Waals surface area contributed by atoms with Crippen LogP contribution in [0.4, 0.5) is 0 Å². The third kappa shape index (κ3) is 1.30. The fourth-order valence-electron chi connectivity index (χ4n) is 0.793. The smallest absolute Gasteiger partial charge is 0.107 e. The molecule has 1 fully saturated rings. The molecule has 0 N–H and O–H groups in total. The van der Waals surface area contributed by atoms with Gasteiger partial charge >= 0.3 is 0 Å². The van der Waals surface area contributed by atoms with E-state index in [1.807, 2.05) is 12.2 Å². The Balaban J connectivity index is 0.000000186. The molecule has 1 heteroatoms. The molecule has 1 saturated heterocycles. The zero-order valence-corrected chi connectivity index (χ0v) is 5.29. The fraction of sp³-hybridized carbons (Fsp3) is 0.250. The fourth-order valence-corrected chi connectivity index (χ4v) is 0.793. The lowest BCUT2D eigenvalue weighted by Gasteiger charge is -1.81. The van der Waals surface area contributed by atoms with E-state index in [1.165, 1.54) is 0 Å². The zero-order valence-electron chi connectivity index (χ0n) is 5.29. The van der Waals surface area contributed by atoms with Gasteiger partial charge in [0.15, 0.2) is 0 Å².